The fraction of sp³-hybridized carbons (Fsp3) is 0.450. The highest BCUT2D eigenvalue weighted by molar-refractivity contribution is 5.80. The van der Waals surface area contributed by atoms with Crippen LogP contribution in [0.15, 0.2) is 60.8 Å². The molecule has 2 nitrogen and oxygen atoms in total. The van der Waals surface area contributed by atoms with Gasteiger partial charge in [0.15, 0.2) is 0 Å². The molecule has 0 aromatic heterocycles. The van der Waals surface area contributed by atoms with E-state index in [9.17, 15) is 4.79 Å². The van der Waals surface area contributed by atoms with Crippen LogP contribution in [-0.2, 0) is 4.79 Å². The van der Waals surface area contributed by atoms with Gasteiger partial charge < -0.3 is 5.11 Å². The number of hydrogen-bond acceptors (Lipinski definition) is 1. The Morgan fingerprint density at radius 2 is 1.23 bits per heavy atom. The Balaban J connectivity index is 3.50. The molecule has 0 unspecified atom stereocenters. The lowest BCUT2D eigenvalue weighted by Crippen LogP contribution is -1.84. The van der Waals surface area contributed by atoms with Crippen molar-refractivity contribution in [3.63, 3.8) is 0 Å². The Hall–Kier alpha value is -1.83. The number of allylic oxidation sites excluding steroid dienone is 9. The molecule has 0 aliphatic carbocycles. The van der Waals surface area contributed by atoms with Crippen LogP contribution in [0.25, 0.3) is 0 Å². The van der Waals surface area contributed by atoms with Gasteiger partial charge in [-0.25, -0.2) is 4.79 Å². The van der Waals surface area contributed by atoms with Gasteiger partial charge in [0.2, 0.25) is 0 Å². The average molecular weight is 302 g/mol. The Kier molecular flexibility index (Phi) is 15.8. The molecular formula is C20H30O2. The zero-order valence-corrected chi connectivity index (χ0v) is 13.8. The average Bonchev–Trinajstić information content (AvgIpc) is 2.50. The first kappa shape index (κ1) is 20.2. The Morgan fingerprint density at radius 3 is 1.82 bits per heavy atom. The smallest absolute Gasteiger partial charge is 0.328 e. The first-order valence-corrected chi connectivity index (χ1v) is 8.33. The van der Waals surface area contributed by atoms with Crippen molar-refractivity contribution in [2.24, 2.45) is 0 Å². The standard InChI is InChI=1S/C20H30O2/c1-2-3-4-5-6-7-8-9-10-11-12-13-14-15-16-17-18-19-20(21)22/h10-19H,2-9H2,1H3,(H,21,22)/b11-10+,13-12+,15-14-,17-16+,19-18+. The predicted octanol–water partition coefficient (Wildman–Crippen LogP) is 5.99. The lowest BCUT2D eigenvalue weighted by atomic mass is 10.1. The third-order valence-corrected chi connectivity index (χ3v) is 3.13. The SMILES string of the molecule is CCCCCCCCC/C=C/C=C/C=C\C=C\C=C\C(=O)O. The van der Waals surface area contributed by atoms with Gasteiger partial charge in [-0.1, -0.05) is 100 Å². The summed E-state index contributed by atoms with van der Waals surface area (Å²) in [5, 5.41) is 8.38. The van der Waals surface area contributed by atoms with E-state index in [1.54, 1.807) is 12.2 Å². The van der Waals surface area contributed by atoms with E-state index in [1.165, 1.54) is 51.0 Å². The van der Waals surface area contributed by atoms with Crippen molar-refractivity contribution < 1.29 is 9.90 Å². The zero-order valence-electron chi connectivity index (χ0n) is 13.8. The third kappa shape index (κ3) is 18.2. The fourth-order valence-corrected chi connectivity index (χ4v) is 1.92. The van der Waals surface area contributed by atoms with Gasteiger partial charge >= 0.3 is 5.97 Å². The molecule has 0 aromatic carbocycles. The van der Waals surface area contributed by atoms with Crippen molar-refractivity contribution in [3.8, 4) is 0 Å². The van der Waals surface area contributed by atoms with Crippen LogP contribution in [0.4, 0.5) is 0 Å². The molecule has 0 aliphatic rings. The van der Waals surface area contributed by atoms with E-state index in [4.69, 9.17) is 5.11 Å². The summed E-state index contributed by atoms with van der Waals surface area (Å²) in [7, 11) is 0. The molecule has 0 spiro atoms. The van der Waals surface area contributed by atoms with E-state index < -0.39 is 5.97 Å². The largest absolute Gasteiger partial charge is 0.478 e. The lowest BCUT2D eigenvalue weighted by Gasteiger charge is -1.98. The number of unbranched alkanes of at least 4 members (excludes halogenated alkanes) is 7. The van der Waals surface area contributed by atoms with Gasteiger partial charge in [0.25, 0.3) is 0 Å². The molecule has 0 saturated heterocycles. The molecule has 0 rings (SSSR count). The van der Waals surface area contributed by atoms with E-state index in [0.29, 0.717) is 0 Å². The van der Waals surface area contributed by atoms with E-state index in [2.05, 4.69) is 19.1 Å². The van der Waals surface area contributed by atoms with Crippen molar-refractivity contribution in [1.29, 1.82) is 0 Å². The molecule has 0 fully saturated rings. The molecule has 0 saturated carbocycles. The maximum absolute atomic E-state index is 10.2. The number of carboxylic acids is 1. The molecule has 0 bridgehead atoms. The summed E-state index contributed by atoms with van der Waals surface area (Å²) < 4.78 is 0. The molecular weight excluding hydrogens is 272 g/mol. The van der Waals surface area contributed by atoms with Gasteiger partial charge in [-0.2, -0.15) is 0 Å². The lowest BCUT2D eigenvalue weighted by molar-refractivity contribution is -0.131. The molecule has 22 heavy (non-hydrogen) atoms. The van der Waals surface area contributed by atoms with Gasteiger partial charge in [-0.05, 0) is 12.8 Å². The van der Waals surface area contributed by atoms with Crippen LogP contribution in [0.5, 0.6) is 0 Å². The number of rotatable bonds is 13. The van der Waals surface area contributed by atoms with Crippen molar-refractivity contribution in [2.45, 2.75) is 58.3 Å². The zero-order chi connectivity index (χ0) is 16.3. The van der Waals surface area contributed by atoms with Gasteiger partial charge in [-0.3, -0.25) is 0 Å². The topological polar surface area (TPSA) is 37.3 Å². The van der Waals surface area contributed by atoms with Gasteiger partial charge in [0.05, 0.1) is 0 Å². The highest BCUT2D eigenvalue weighted by atomic mass is 16.4. The van der Waals surface area contributed by atoms with Crippen LogP contribution in [-0.4, -0.2) is 11.1 Å². The summed E-state index contributed by atoms with van der Waals surface area (Å²) in [6, 6.07) is 0. The summed E-state index contributed by atoms with van der Waals surface area (Å²) in [4.78, 5) is 10.2. The highest BCUT2D eigenvalue weighted by Gasteiger charge is 1.88. The molecule has 0 aliphatic heterocycles. The summed E-state index contributed by atoms with van der Waals surface area (Å²) in [5.74, 6) is -0.931. The second-order valence-corrected chi connectivity index (χ2v) is 5.19. The number of carboxylic acid groups (broad SMARTS) is 1. The van der Waals surface area contributed by atoms with Crippen LogP contribution in [0, 0.1) is 0 Å². The summed E-state index contributed by atoms with van der Waals surface area (Å²) in [6.45, 7) is 2.25. The van der Waals surface area contributed by atoms with E-state index >= 15 is 0 Å². The highest BCUT2D eigenvalue weighted by Crippen LogP contribution is 2.08. The minimum atomic E-state index is -0.931. The second-order valence-electron chi connectivity index (χ2n) is 5.19. The number of carbonyl (C=O) groups is 1. The molecule has 1 N–H and O–H groups in total. The Bertz CT molecular complexity index is 398. The number of aliphatic carboxylic acids is 1. The Labute approximate surface area is 135 Å². The monoisotopic (exact) mass is 302 g/mol. The molecule has 0 radical (unpaired) electrons. The van der Waals surface area contributed by atoms with E-state index in [0.717, 1.165) is 12.5 Å². The summed E-state index contributed by atoms with van der Waals surface area (Å²) >= 11 is 0. The third-order valence-electron chi connectivity index (χ3n) is 3.13. The maximum Gasteiger partial charge on any atom is 0.328 e. The minimum absolute atomic E-state index is 0.931. The van der Waals surface area contributed by atoms with Crippen molar-refractivity contribution in [1.82, 2.24) is 0 Å². The van der Waals surface area contributed by atoms with Crippen LogP contribution < -0.4 is 0 Å². The first-order valence-electron chi connectivity index (χ1n) is 8.33. The van der Waals surface area contributed by atoms with Crippen LogP contribution in [0.2, 0.25) is 0 Å². The van der Waals surface area contributed by atoms with Crippen molar-refractivity contribution >= 4 is 5.97 Å². The maximum atomic E-state index is 10.2. The van der Waals surface area contributed by atoms with Crippen molar-refractivity contribution in [3.05, 3.63) is 60.8 Å². The van der Waals surface area contributed by atoms with Gasteiger partial charge in [0, 0.05) is 6.08 Å². The van der Waals surface area contributed by atoms with Crippen LogP contribution >= 0.6 is 0 Å². The molecule has 0 amide bonds. The molecule has 122 valence electrons. The van der Waals surface area contributed by atoms with Gasteiger partial charge in [-0.15, -0.1) is 0 Å². The molecule has 0 heterocycles. The van der Waals surface area contributed by atoms with Crippen LogP contribution in [0.1, 0.15) is 58.3 Å². The van der Waals surface area contributed by atoms with Crippen molar-refractivity contribution in [2.75, 3.05) is 0 Å². The summed E-state index contributed by atoms with van der Waals surface area (Å²) in [5.41, 5.74) is 0. The quantitative estimate of drug-likeness (QED) is 0.258. The predicted molar refractivity (Wildman–Crippen MR) is 95.9 cm³/mol. The molecule has 0 aromatic rings. The second kappa shape index (κ2) is 17.2. The fourth-order valence-electron chi connectivity index (χ4n) is 1.92. The molecule has 2 heteroatoms. The first-order chi connectivity index (χ1) is 10.8. The van der Waals surface area contributed by atoms with Gasteiger partial charge in [0.1, 0.15) is 0 Å². The van der Waals surface area contributed by atoms with E-state index in [1.807, 2.05) is 24.3 Å². The Morgan fingerprint density at radius 1 is 0.727 bits per heavy atom. The molecule has 0 atom stereocenters. The normalized spacial score (nSPS) is 12.8. The number of hydrogen-bond donors (Lipinski definition) is 1. The van der Waals surface area contributed by atoms with Crippen LogP contribution in [0.3, 0.4) is 0 Å². The summed E-state index contributed by atoms with van der Waals surface area (Å²) in [6.07, 6.45) is 28.8. The minimum Gasteiger partial charge on any atom is -0.478 e. The van der Waals surface area contributed by atoms with E-state index in [-0.39, 0.29) is 0 Å².